The third kappa shape index (κ3) is 5.46. The molecule has 1 aliphatic heterocycles. The Morgan fingerprint density at radius 3 is 2.59 bits per heavy atom. The third-order valence-electron chi connectivity index (χ3n) is 6.73. The minimum absolute atomic E-state index is 0.0436. The minimum atomic E-state index is -3.31. The van der Waals surface area contributed by atoms with E-state index in [1.807, 2.05) is 6.07 Å². The molecule has 1 saturated heterocycles. The van der Waals surface area contributed by atoms with Crippen molar-refractivity contribution in [3.8, 4) is 5.88 Å². The molecule has 1 atom stereocenters. The number of aryl methyl sites for hydroxylation is 1. The van der Waals surface area contributed by atoms with Crippen molar-refractivity contribution < 1.29 is 27.8 Å². The van der Waals surface area contributed by atoms with Crippen molar-refractivity contribution in [2.24, 2.45) is 0 Å². The lowest BCUT2D eigenvalue weighted by Gasteiger charge is -2.32. The van der Waals surface area contributed by atoms with Gasteiger partial charge in [-0.2, -0.15) is 4.98 Å². The van der Waals surface area contributed by atoms with E-state index in [1.165, 1.54) is 19.2 Å². The number of fused-ring (bicyclic) bond motifs is 1. The largest absolute Gasteiger partial charge is 0.481 e. The van der Waals surface area contributed by atoms with E-state index in [2.05, 4.69) is 20.3 Å². The Balaban J connectivity index is 1.70. The highest BCUT2D eigenvalue weighted by atomic mass is 19.3. The highest BCUT2D eigenvalue weighted by molar-refractivity contribution is 5.88. The summed E-state index contributed by atoms with van der Waals surface area (Å²) in [7, 11) is 1.52. The summed E-state index contributed by atoms with van der Waals surface area (Å²) in [6.07, 6.45) is 1.31. The van der Waals surface area contributed by atoms with Gasteiger partial charge < -0.3 is 20.1 Å². The maximum atomic E-state index is 15.0. The Bertz CT molecular complexity index is 1310. The van der Waals surface area contributed by atoms with Crippen molar-refractivity contribution in [1.82, 2.24) is 19.9 Å². The number of aliphatic hydroxyl groups excluding tert-OH is 1. The molecule has 8 nitrogen and oxygen atoms in total. The zero-order valence-corrected chi connectivity index (χ0v) is 21.2. The number of hydrogen-bond acceptors (Lipinski definition) is 7. The van der Waals surface area contributed by atoms with Crippen molar-refractivity contribution in [3.05, 3.63) is 52.6 Å². The summed E-state index contributed by atoms with van der Waals surface area (Å²) < 4.78 is 48.4. The van der Waals surface area contributed by atoms with Gasteiger partial charge in [0.15, 0.2) is 5.65 Å². The Morgan fingerprint density at radius 2 is 1.97 bits per heavy atom. The van der Waals surface area contributed by atoms with Gasteiger partial charge in [0.1, 0.15) is 24.1 Å². The van der Waals surface area contributed by atoms with Gasteiger partial charge in [-0.1, -0.05) is 18.2 Å². The summed E-state index contributed by atoms with van der Waals surface area (Å²) in [4.78, 5) is 27.0. The zero-order valence-electron chi connectivity index (χ0n) is 21.2. The average Bonchev–Trinajstić information content (AvgIpc) is 2.86. The Hall–Kier alpha value is -3.47. The second-order valence-corrected chi connectivity index (χ2v) is 9.35. The fraction of sp³-hybridized carbons (Fsp3) is 0.462. The molecule has 0 bridgehead atoms. The van der Waals surface area contributed by atoms with Crippen LogP contribution in [0.1, 0.15) is 61.2 Å². The molecule has 4 rings (SSSR count). The number of pyridine rings is 1. The summed E-state index contributed by atoms with van der Waals surface area (Å²) in [6, 6.07) is 5.16. The lowest BCUT2D eigenvalue weighted by atomic mass is 9.89. The SMILES string of the molecule is COc1nc2nc(C)nc(N[C@H](C)c3cccc(C(C)(F)F)c3F)c2cc1C1CCN(C(=O)CO)CC1. The van der Waals surface area contributed by atoms with Gasteiger partial charge >= 0.3 is 0 Å². The highest BCUT2D eigenvalue weighted by Gasteiger charge is 2.31. The Kier molecular flexibility index (Phi) is 7.54. The van der Waals surface area contributed by atoms with Gasteiger partial charge in [-0.15, -0.1) is 0 Å². The molecule has 3 heterocycles. The molecular weight excluding hydrogens is 487 g/mol. The Morgan fingerprint density at radius 1 is 1.27 bits per heavy atom. The number of hydrogen-bond donors (Lipinski definition) is 2. The first-order chi connectivity index (χ1) is 17.5. The molecule has 11 heteroatoms. The molecule has 198 valence electrons. The van der Waals surface area contributed by atoms with Crippen LogP contribution in [0.15, 0.2) is 24.3 Å². The van der Waals surface area contributed by atoms with Gasteiger partial charge in [-0.3, -0.25) is 4.79 Å². The summed E-state index contributed by atoms with van der Waals surface area (Å²) in [5.41, 5.74) is 0.631. The lowest BCUT2D eigenvalue weighted by molar-refractivity contribution is -0.135. The second kappa shape index (κ2) is 10.5. The summed E-state index contributed by atoms with van der Waals surface area (Å²) >= 11 is 0. The van der Waals surface area contributed by atoms with Crippen LogP contribution in [0.2, 0.25) is 0 Å². The molecular formula is C26H30F3N5O3. The number of nitrogens with zero attached hydrogens (tertiary/aromatic N) is 4. The number of ether oxygens (including phenoxy) is 1. The smallest absolute Gasteiger partial charge is 0.273 e. The first kappa shape index (κ1) is 26.6. The van der Waals surface area contributed by atoms with Crippen LogP contribution in [0, 0.1) is 12.7 Å². The number of alkyl halides is 2. The van der Waals surface area contributed by atoms with Crippen LogP contribution in [-0.4, -0.2) is 57.7 Å². The van der Waals surface area contributed by atoms with E-state index >= 15 is 4.39 Å². The van der Waals surface area contributed by atoms with Crippen LogP contribution in [0.25, 0.3) is 11.0 Å². The Labute approximate surface area is 212 Å². The lowest BCUT2D eigenvalue weighted by Crippen LogP contribution is -2.39. The average molecular weight is 518 g/mol. The molecule has 1 amide bonds. The number of amides is 1. The number of anilines is 1. The van der Waals surface area contributed by atoms with Crippen LogP contribution in [0.5, 0.6) is 5.88 Å². The van der Waals surface area contributed by atoms with Crippen molar-refractivity contribution in [3.63, 3.8) is 0 Å². The topological polar surface area (TPSA) is 100 Å². The molecule has 0 spiro atoms. The number of aliphatic hydroxyl groups is 1. The third-order valence-corrected chi connectivity index (χ3v) is 6.73. The van der Waals surface area contributed by atoms with Crippen LogP contribution >= 0.6 is 0 Å². The summed E-state index contributed by atoms with van der Waals surface area (Å²) in [6.45, 7) is 4.51. The highest BCUT2D eigenvalue weighted by Crippen LogP contribution is 2.38. The molecule has 0 unspecified atom stereocenters. The second-order valence-electron chi connectivity index (χ2n) is 9.35. The van der Waals surface area contributed by atoms with E-state index in [4.69, 9.17) is 9.84 Å². The maximum Gasteiger partial charge on any atom is 0.273 e. The minimum Gasteiger partial charge on any atom is -0.481 e. The standard InChI is InChI=1S/C26H30F3N5O3/c1-14(17-6-5-7-20(22(17)27)26(3,28)29)30-23-19-12-18(16-8-10-34(11-9-16)21(36)13-35)25(37-4)33-24(19)32-15(2)31-23/h5-7,12,14,16,35H,8-11,13H2,1-4H3,(H,30,31,32,33)/t14-/m1/s1. The quantitative estimate of drug-likeness (QED) is 0.477. The van der Waals surface area contributed by atoms with Crippen molar-refractivity contribution in [2.75, 3.05) is 32.1 Å². The molecule has 2 aromatic heterocycles. The fourth-order valence-corrected chi connectivity index (χ4v) is 4.77. The number of aromatic nitrogens is 3. The molecule has 0 aliphatic carbocycles. The van der Waals surface area contributed by atoms with Crippen LogP contribution in [-0.2, 0) is 10.7 Å². The predicted molar refractivity (Wildman–Crippen MR) is 132 cm³/mol. The molecule has 1 fully saturated rings. The van der Waals surface area contributed by atoms with Gasteiger partial charge in [-0.05, 0) is 38.7 Å². The van der Waals surface area contributed by atoms with Crippen molar-refractivity contribution in [1.29, 1.82) is 0 Å². The van der Waals surface area contributed by atoms with E-state index in [9.17, 15) is 13.6 Å². The number of likely N-dealkylation sites (tertiary alicyclic amines) is 1. The number of halogens is 3. The normalized spacial score (nSPS) is 15.6. The van der Waals surface area contributed by atoms with E-state index in [0.717, 1.165) is 11.6 Å². The molecule has 3 aromatic rings. The molecule has 0 radical (unpaired) electrons. The van der Waals surface area contributed by atoms with Crippen LogP contribution < -0.4 is 10.1 Å². The number of benzene rings is 1. The first-order valence-electron chi connectivity index (χ1n) is 12.1. The fourth-order valence-electron chi connectivity index (χ4n) is 4.77. The zero-order chi connectivity index (χ0) is 26.9. The van der Waals surface area contributed by atoms with E-state index in [0.29, 0.717) is 61.4 Å². The van der Waals surface area contributed by atoms with E-state index < -0.39 is 30.0 Å². The molecule has 1 aliphatic rings. The molecule has 2 N–H and O–H groups in total. The predicted octanol–water partition coefficient (Wildman–Crippen LogP) is 4.46. The molecule has 0 saturated carbocycles. The van der Waals surface area contributed by atoms with Gasteiger partial charge in [-0.25, -0.2) is 23.1 Å². The van der Waals surface area contributed by atoms with Crippen LogP contribution in [0.3, 0.4) is 0 Å². The van der Waals surface area contributed by atoms with Gasteiger partial charge in [0.05, 0.1) is 24.1 Å². The molecule has 1 aromatic carbocycles. The monoisotopic (exact) mass is 517 g/mol. The van der Waals surface area contributed by atoms with E-state index in [1.54, 1.807) is 18.7 Å². The van der Waals surface area contributed by atoms with Crippen molar-refractivity contribution >= 4 is 22.8 Å². The van der Waals surface area contributed by atoms with E-state index in [-0.39, 0.29) is 17.4 Å². The number of carbonyl (C=O) groups excluding carboxylic acids is 1. The number of methoxy groups -OCH3 is 1. The van der Waals surface area contributed by atoms with Gasteiger partial charge in [0, 0.05) is 31.1 Å². The van der Waals surface area contributed by atoms with Gasteiger partial charge in [0.25, 0.3) is 5.92 Å². The maximum absolute atomic E-state index is 15.0. The summed E-state index contributed by atoms with van der Waals surface area (Å²) in [5.74, 6) is -3.30. The van der Waals surface area contributed by atoms with Crippen LogP contribution in [0.4, 0.5) is 19.0 Å². The van der Waals surface area contributed by atoms with Crippen molar-refractivity contribution in [2.45, 2.75) is 51.5 Å². The number of nitrogens with one attached hydrogen (secondary N) is 1. The first-order valence-corrected chi connectivity index (χ1v) is 12.1. The number of rotatable bonds is 7. The van der Waals surface area contributed by atoms with Gasteiger partial charge in [0.2, 0.25) is 11.8 Å². The molecule has 37 heavy (non-hydrogen) atoms. The summed E-state index contributed by atoms with van der Waals surface area (Å²) in [5, 5.41) is 12.9. The number of piperidine rings is 1. The number of carbonyl (C=O) groups is 1.